The third-order valence-electron chi connectivity index (χ3n) is 1.46. The smallest absolute Gasteiger partial charge is 0.0379 e. The minimum absolute atomic E-state index is 0.326. The largest absolute Gasteiger partial charge is 0.322 e. The number of nitrogens with zero attached hydrogens (tertiary/aromatic N) is 1. The molecule has 0 atom stereocenters. The van der Waals surface area contributed by atoms with Crippen molar-refractivity contribution >= 4 is 15.9 Å². The van der Waals surface area contributed by atoms with Gasteiger partial charge in [0.2, 0.25) is 0 Å². The first-order chi connectivity index (χ1) is 5.02. The van der Waals surface area contributed by atoms with Gasteiger partial charge in [0.1, 0.15) is 0 Å². The van der Waals surface area contributed by atoms with Gasteiger partial charge < -0.3 is 5.73 Å². The van der Waals surface area contributed by atoms with Gasteiger partial charge in [0.25, 0.3) is 0 Å². The fourth-order valence-corrected chi connectivity index (χ4v) is 1.58. The molecule has 0 aliphatic carbocycles. The van der Waals surface area contributed by atoms with E-state index in [9.17, 15) is 0 Å². The maximum atomic E-state index is 5.89. The number of pyridine rings is 1. The zero-order valence-electron chi connectivity index (χ0n) is 6.63. The van der Waals surface area contributed by atoms with Gasteiger partial charge in [-0.15, -0.1) is 0 Å². The van der Waals surface area contributed by atoms with Crippen LogP contribution in [-0.2, 0) is 5.54 Å². The zero-order chi connectivity index (χ0) is 8.48. The van der Waals surface area contributed by atoms with Crippen molar-refractivity contribution in [3.05, 3.63) is 28.5 Å². The lowest BCUT2D eigenvalue weighted by atomic mass is 9.98. The summed E-state index contributed by atoms with van der Waals surface area (Å²) in [6, 6.07) is 1.89. The summed E-state index contributed by atoms with van der Waals surface area (Å²) >= 11 is 3.41. The lowest BCUT2D eigenvalue weighted by molar-refractivity contribution is 0.549. The highest BCUT2D eigenvalue weighted by molar-refractivity contribution is 9.10. The van der Waals surface area contributed by atoms with Crippen molar-refractivity contribution in [2.24, 2.45) is 5.73 Å². The first-order valence-corrected chi connectivity index (χ1v) is 4.20. The molecule has 1 rings (SSSR count). The summed E-state index contributed by atoms with van der Waals surface area (Å²) in [6.45, 7) is 3.91. The van der Waals surface area contributed by atoms with Crippen molar-refractivity contribution in [2.45, 2.75) is 19.4 Å². The number of hydrogen-bond donors (Lipinski definition) is 1. The van der Waals surface area contributed by atoms with E-state index < -0.39 is 0 Å². The first kappa shape index (κ1) is 8.68. The number of hydrogen-bond acceptors (Lipinski definition) is 2. The van der Waals surface area contributed by atoms with Gasteiger partial charge in [0.15, 0.2) is 0 Å². The number of nitrogens with two attached hydrogens (primary N) is 1. The van der Waals surface area contributed by atoms with E-state index >= 15 is 0 Å². The number of halogens is 1. The molecule has 0 saturated heterocycles. The molecule has 0 fully saturated rings. The Morgan fingerprint density at radius 3 is 2.55 bits per heavy atom. The van der Waals surface area contributed by atoms with Gasteiger partial charge in [-0.25, -0.2) is 0 Å². The van der Waals surface area contributed by atoms with Crippen molar-refractivity contribution in [2.75, 3.05) is 0 Å². The van der Waals surface area contributed by atoms with Crippen LogP contribution < -0.4 is 5.73 Å². The van der Waals surface area contributed by atoms with Crippen molar-refractivity contribution in [1.82, 2.24) is 4.98 Å². The molecule has 2 nitrogen and oxygen atoms in total. The molecule has 11 heavy (non-hydrogen) atoms. The molecule has 0 unspecified atom stereocenters. The first-order valence-electron chi connectivity index (χ1n) is 3.40. The molecule has 1 heterocycles. The summed E-state index contributed by atoms with van der Waals surface area (Å²) in [7, 11) is 0. The summed E-state index contributed by atoms with van der Waals surface area (Å²) < 4.78 is 1.01. The van der Waals surface area contributed by atoms with Crippen LogP contribution in [0.2, 0.25) is 0 Å². The second-order valence-corrected chi connectivity index (χ2v) is 3.93. The van der Waals surface area contributed by atoms with E-state index in [-0.39, 0.29) is 5.54 Å². The zero-order valence-corrected chi connectivity index (χ0v) is 8.22. The van der Waals surface area contributed by atoms with Gasteiger partial charge in [0, 0.05) is 28.0 Å². The topological polar surface area (TPSA) is 38.9 Å². The summed E-state index contributed by atoms with van der Waals surface area (Å²) in [5.41, 5.74) is 6.59. The van der Waals surface area contributed by atoms with Crippen molar-refractivity contribution < 1.29 is 0 Å². The second-order valence-electron chi connectivity index (χ2n) is 3.08. The van der Waals surface area contributed by atoms with E-state index in [1.165, 1.54) is 0 Å². The maximum absolute atomic E-state index is 5.89. The number of rotatable bonds is 1. The normalized spacial score (nSPS) is 11.6. The lowest BCUT2D eigenvalue weighted by Crippen LogP contribution is -2.29. The number of aromatic nitrogens is 1. The summed E-state index contributed by atoms with van der Waals surface area (Å²) in [5, 5.41) is 0. The maximum Gasteiger partial charge on any atom is 0.0379 e. The summed E-state index contributed by atoms with van der Waals surface area (Å²) in [5.74, 6) is 0. The minimum atomic E-state index is -0.326. The highest BCUT2D eigenvalue weighted by Crippen LogP contribution is 2.24. The Hall–Kier alpha value is -0.410. The summed E-state index contributed by atoms with van der Waals surface area (Å²) in [4.78, 5) is 4.00. The molecule has 2 N–H and O–H groups in total. The van der Waals surface area contributed by atoms with Crippen LogP contribution in [-0.4, -0.2) is 4.98 Å². The van der Waals surface area contributed by atoms with Gasteiger partial charge >= 0.3 is 0 Å². The SMILES string of the molecule is CC(C)(N)c1cnccc1Br. The lowest BCUT2D eigenvalue weighted by Gasteiger charge is -2.19. The van der Waals surface area contributed by atoms with Crippen molar-refractivity contribution in [1.29, 1.82) is 0 Å². The predicted molar refractivity (Wildman–Crippen MR) is 49.2 cm³/mol. The van der Waals surface area contributed by atoms with Crippen LogP contribution in [0.1, 0.15) is 19.4 Å². The van der Waals surface area contributed by atoms with Gasteiger partial charge in [-0.05, 0) is 19.9 Å². The van der Waals surface area contributed by atoms with Gasteiger partial charge in [-0.3, -0.25) is 4.98 Å². The van der Waals surface area contributed by atoms with E-state index in [1.54, 1.807) is 12.4 Å². The highest BCUT2D eigenvalue weighted by atomic mass is 79.9. The molecule has 3 heteroatoms. The highest BCUT2D eigenvalue weighted by Gasteiger charge is 2.16. The van der Waals surface area contributed by atoms with Crippen LogP contribution in [0.3, 0.4) is 0 Å². The quantitative estimate of drug-likeness (QED) is 0.778. The predicted octanol–water partition coefficient (Wildman–Crippen LogP) is 2.04. The molecule has 0 saturated carbocycles. The van der Waals surface area contributed by atoms with Crippen LogP contribution in [0.5, 0.6) is 0 Å². The van der Waals surface area contributed by atoms with E-state index in [1.807, 2.05) is 19.9 Å². The van der Waals surface area contributed by atoms with E-state index in [2.05, 4.69) is 20.9 Å². The molecule has 0 radical (unpaired) electrons. The van der Waals surface area contributed by atoms with Crippen LogP contribution in [0.15, 0.2) is 22.9 Å². The Bertz CT molecular complexity index is 253. The van der Waals surface area contributed by atoms with Crippen molar-refractivity contribution in [3.63, 3.8) is 0 Å². The third kappa shape index (κ3) is 2.01. The Balaban J connectivity index is 3.14. The van der Waals surface area contributed by atoms with E-state index in [4.69, 9.17) is 5.73 Å². The molecule has 0 aliphatic heterocycles. The standard InChI is InChI=1S/C8H11BrN2/c1-8(2,10)6-5-11-4-3-7(6)9/h3-5H,10H2,1-2H3. The van der Waals surface area contributed by atoms with E-state index in [0.717, 1.165) is 10.0 Å². The van der Waals surface area contributed by atoms with Gasteiger partial charge in [-0.2, -0.15) is 0 Å². The molecular weight excluding hydrogens is 204 g/mol. The van der Waals surface area contributed by atoms with Crippen LogP contribution in [0, 0.1) is 0 Å². The van der Waals surface area contributed by atoms with Crippen LogP contribution >= 0.6 is 15.9 Å². The molecule has 0 bridgehead atoms. The Kier molecular flexibility index (Phi) is 2.30. The molecule has 0 aromatic carbocycles. The molecular formula is C8H11BrN2. The molecule has 0 amide bonds. The Morgan fingerprint density at radius 1 is 1.55 bits per heavy atom. The molecule has 0 spiro atoms. The van der Waals surface area contributed by atoms with Crippen LogP contribution in [0.25, 0.3) is 0 Å². The van der Waals surface area contributed by atoms with E-state index in [0.29, 0.717) is 0 Å². The third-order valence-corrected chi connectivity index (χ3v) is 2.15. The van der Waals surface area contributed by atoms with Gasteiger partial charge in [-0.1, -0.05) is 15.9 Å². The average molecular weight is 215 g/mol. The fraction of sp³-hybridized carbons (Fsp3) is 0.375. The van der Waals surface area contributed by atoms with Gasteiger partial charge in [0.05, 0.1) is 0 Å². The average Bonchev–Trinajstić information content (AvgIpc) is 1.86. The minimum Gasteiger partial charge on any atom is -0.322 e. The van der Waals surface area contributed by atoms with Crippen LogP contribution in [0.4, 0.5) is 0 Å². The molecule has 1 aromatic heterocycles. The van der Waals surface area contributed by atoms with Crippen molar-refractivity contribution in [3.8, 4) is 0 Å². The Labute approximate surface area is 75.0 Å². The molecule has 1 aromatic rings. The second kappa shape index (κ2) is 2.91. The fourth-order valence-electron chi connectivity index (χ4n) is 0.852. The monoisotopic (exact) mass is 214 g/mol. The summed E-state index contributed by atoms with van der Waals surface area (Å²) in [6.07, 6.45) is 3.52. The molecule has 0 aliphatic rings. The molecule has 60 valence electrons. The Morgan fingerprint density at radius 2 is 2.18 bits per heavy atom.